The van der Waals surface area contributed by atoms with Gasteiger partial charge in [-0.1, -0.05) is 29.8 Å². The number of urea groups is 1. The van der Waals surface area contributed by atoms with Gasteiger partial charge in [0.25, 0.3) is 5.91 Å². The van der Waals surface area contributed by atoms with Crippen molar-refractivity contribution >= 4 is 11.9 Å². The van der Waals surface area contributed by atoms with Crippen molar-refractivity contribution in [3.8, 4) is 11.4 Å². The van der Waals surface area contributed by atoms with Gasteiger partial charge < -0.3 is 9.64 Å². The number of rotatable bonds is 3. The van der Waals surface area contributed by atoms with Gasteiger partial charge in [0, 0.05) is 18.7 Å². The van der Waals surface area contributed by atoms with Crippen LogP contribution in [0.4, 0.5) is 4.79 Å². The molecule has 0 radical (unpaired) electrons. The van der Waals surface area contributed by atoms with E-state index in [-0.39, 0.29) is 12.6 Å². The van der Waals surface area contributed by atoms with E-state index < -0.39 is 5.91 Å². The number of amides is 3. The molecule has 1 aliphatic heterocycles. The highest BCUT2D eigenvalue weighted by molar-refractivity contribution is 5.80. The van der Waals surface area contributed by atoms with Crippen molar-refractivity contribution in [3.05, 3.63) is 29.8 Å². The Labute approximate surface area is 144 Å². The molecule has 3 rings (SSSR count). The molecule has 2 heterocycles. The van der Waals surface area contributed by atoms with Gasteiger partial charge in [0.15, 0.2) is 0 Å². The Kier molecular flexibility index (Phi) is 5.19. The lowest BCUT2D eigenvalue weighted by atomic mass is 10.1. The summed E-state index contributed by atoms with van der Waals surface area (Å²) in [5.74, 6) is -0.0142. The fraction of sp³-hybridized carbons (Fsp3) is 0.400. The van der Waals surface area contributed by atoms with Crippen LogP contribution in [0, 0.1) is 6.92 Å². The zero-order chi connectivity index (χ0) is 17.6. The van der Waals surface area contributed by atoms with Crippen molar-refractivity contribution < 1.29 is 14.3 Å². The second kappa shape index (κ2) is 7.71. The summed E-state index contributed by atoms with van der Waals surface area (Å²) in [5, 5.41) is 11.9. The summed E-state index contributed by atoms with van der Waals surface area (Å²) >= 11 is 0. The number of tetrazole rings is 1. The van der Waals surface area contributed by atoms with Crippen molar-refractivity contribution in [2.75, 3.05) is 26.3 Å². The van der Waals surface area contributed by atoms with E-state index in [1.807, 2.05) is 31.2 Å². The molecule has 2 N–H and O–H groups in total. The van der Waals surface area contributed by atoms with E-state index in [1.54, 1.807) is 4.90 Å². The molecule has 3 amide bonds. The summed E-state index contributed by atoms with van der Waals surface area (Å²) < 4.78 is 5.16. The summed E-state index contributed by atoms with van der Waals surface area (Å²) in [4.78, 5) is 26.5. The van der Waals surface area contributed by atoms with E-state index in [1.165, 1.54) is 4.80 Å². The first-order valence-corrected chi connectivity index (χ1v) is 7.88. The van der Waals surface area contributed by atoms with Crippen LogP contribution < -0.4 is 10.9 Å². The molecule has 10 heteroatoms. The molecule has 1 fully saturated rings. The van der Waals surface area contributed by atoms with Gasteiger partial charge in [0.2, 0.25) is 5.82 Å². The summed E-state index contributed by atoms with van der Waals surface area (Å²) in [7, 11) is 0. The Balaban J connectivity index is 1.49. The van der Waals surface area contributed by atoms with Crippen molar-refractivity contribution in [2.45, 2.75) is 13.5 Å². The molecule has 0 aliphatic carbocycles. The third kappa shape index (κ3) is 4.51. The maximum Gasteiger partial charge on any atom is 0.336 e. The zero-order valence-electron chi connectivity index (χ0n) is 13.8. The lowest BCUT2D eigenvalue weighted by Crippen LogP contribution is -2.52. The number of hydrogen-bond acceptors (Lipinski definition) is 6. The molecule has 0 atom stereocenters. The molecular formula is C15H19N7O3. The van der Waals surface area contributed by atoms with Gasteiger partial charge in [-0.15, -0.1) is 10.2 Å². The number of hydrazine groups is 1. The van der Waals surface area contributed by atoms with Crippen LogP contribution in [0.5, 0.6) is 0 Å². The number of aromatic nitrogens is 4. The van der Waals surface area contributed by atoms with Crippen molar-refractivity contribution in [3.63, 3.8) is 0 Å². The van der Waals surface area contributed by atoms with Gasteiger partial charge in [0.05, 0.1) is 13.2 Å². The van der Waals surface area contributed by atoms with Crippen molar-refractivity contribution in [1.82, 2.24) is 36.0 Å². The van der Waals surface area contributed by atoms with E-state index in [9.17, 15) is 9.59 Å². The van der Waals surface area contributed by atoms with Gasteiger partial charge in [0.1, 0.15) is 6.54 Å². The molecule has 1 aromatic carbocycles. The third-order valence-electron chi connectivity index (χ3n) is 3.65. The highest BCUT2D eigenvalue weighted by Gasteiger charge is 2.17. The van der Waals surface area contributed by atoms with E-state index in [0.717, 1.165) is 11.1 Å². The summed E-state index contributed by atoms with van der Waals surface area (Å²) in [5.41, 5.74) is 6.64. The normalized spacial score (nSPS) is 14.2. The molecule has 1 aromatic heterocycles. The van der Waals surface area contributed by atoms with Gasteiger partial charge >= 0.3 is 6.03 Å². The number of aryl methyl sites for hydroxylation is 1. The summed E-state index contributed by atoms with van der Waals surface area (Å²) in [6, 6.07) is 7.30. The second-order valence-corrected chi connectivity index (χ2v) is 5.59. The summed E-state index contributed by atoms with van der Waals surface area (Å²) in [6.07, 6.45) is 0. The van der Waals surface area contributed by atoms with E-state index in [4.69, 9.17) is 4.74 Å². The Morgan fingerprint density at radius 2 is 1.88 bits per heavy atom. The quantitative estimate of drug-likeness (QED) is 0.740. The fourth-order valence-corrected chi connectivity index (χ4v) is 2.27. The Morgan fingerprint density at radius 1 is 1.16 bits per heavy atom. The maximum absolute atomic E-state index is 11.9. The Hall–Kier alpha value is -3.01. The fourth-order valence-electron chi connectivity index (χ4n) is 2.27. The van der Waals surface area contributed by atoms with Crippen LogP contribution >= 0.6 is 0 Å². The number of ether oxygens (including phenoxy) is 1. The number of carbonyl (C=O) groups excluding carboxylic acids is 2. The molecule has 0 saturated carbocycles. The standard InChI is InChI=1S/C15H19N7O3/c1-11-2-4-12(5-3-11)14-17-20-22(19-14)10-13(23)16-18-15(24)21-6-8-25-9-7-21/h2-5H,6-10H2,1H3,(H,16,23)(H,18,24). The minimum absolute atomic E-state index is 0.151. The number of benzene rings is 1. The molecule has 0 unspecified atom stereocenters. The predicted molar refractivity (Wildman–Crippen MR) is 87.1 cm³/mol. The smallest absolute Gasteiger partial charge is 0.336 e. The minimum atomic E-state index is -0.450. The highest BCUT2D eigenvalue weighted by atomic mass is 16.5. The van der Waals surface area contributed by atoms with Crippen LogP contribution in [-0.2, 0) is 16.1 Å². The van der Waals surface area contributed by atoms with Crippen LogP contribution in [0.25, 0.3) is 11.4 Å². The van der Waals surface area contributed by atoms with E-state index in [0.29, 0.717) is 32.1 Å². The van der Waals surface area contributed by atoms with Crippen LogP contribution in [0.2, 0.25) is 0 Å². The van der Waals surface area contributed by atoms with Crippen molar-refractivity contribution in [1.29, 1.82) is 0 Å². The highest BCUT2D eigenvalue weighted by Crippen LogP contribution is 2.13. The topological polar surface area (TPSA) is 114 Å². The van der Waals surface area contributed by atoms with E-state index in [2.05, 4.69) is 26.3 Å². The lowest BCUT2D eigenvalue weighted by molar-refractivity contribution is -0.122. The molecule has 1 saturated heterocycles. The first kappa shape index (κ1) is 16.8. The summed E-state index contributed by atoms with van der Waals surface area (Å²) in [6.45, 7) is 3.81. The lowest BCUT2D eigenvalue weighted by Gasteiger charge is -2.26. The number of hydrogen-bond donors (Lipinski definition) is 2. The molecular weight excluding hydrogens is 326 g/mol. The largest absolute Gasteiger partial charge is 0.378 e. The molecule has 0 spiro atoms. The van der Waals surface area contributed by atoms with Crippen LogP contribution in [0.15, 0.2) is 24.3 Å². The molecule has 1 aliphatic rings. The van der Waals surface area contributed by atoms with E-state index >= 15 is 0 Å². The van der Waals surface area contributed by atoms with Gasteiger partial charge in [-0.3, -0.25) is 10.2 Å². The number of carbonyl (C=O) groups is 2. The third-order valence-corrected chi connectivity index (χ3v) is 3.65. The molecule has 132 valence electrons. The number of nitrogens with zero attached hydrogens (tertiary/aromatic N) is 5. The maximum atomic E-state index is 11.9. The average Bonchev–Trinajstić information content (AvgIpc) is 3.09. The van der Waals surface area contributed by atoms with Gasteiger partial charge in [-0.25, -0.2) is 10.2 Å². The van der Waals surface area contributed by atoms with Crippen LogP contribution in [0.1, 0.15) is 5.56 Å². The molecule has 2 aromatic rings. The van der Waals surface area contributed by atoms with Crippen molar-refractivity contribution in [2.24, 2.45) is 0 Å². The Bertz CT molecular complexity index is 738. The van der Waals surface area contributed by atoms with Gasteiger partial charge in [-0.05, 0) is 12.1 Å². The SMILES string of the molecule is Cc1ccc(-c2nnn(CC(=O)NNC(=O)N3CCOCC3)n2)cc1. The second-order valence-electron chi connectivity index (χ2n) is 5.59. The first-order chi connectivity index (χ1) is 12.1. The number of nitrogens with one attached hydrogen (secondary N) is 2. The first-order valence-electron chi connectivity index (χ1n) is 7.88. The average molecular weight is 345 g/mol. The zero-order valence-corrected chi connectivity index (χ0v) is 13.8. The molecule has 0 bridgehead atoms. The molecule has 10 nitrogen and oxygen atoms in total. The Morgan fingerprint density at radius 3 is 2.60 bits per heavy atom. The monoisotopic (exact) mass is 345 g/mol. The molecule has 25 heavy (non-hydrogen) atoms. The number of morpholine rings is 1. The van der Waals surface area contributed by atoms with Crippen LogP contribution in [0.3, 0.4) is 0 Å². The predicted octanol–water partition coefficient (Wildman–Crippen LogP) is -0.278. The van der Waals surface area contributed by atoms with Crippen LogP contribution in [-0.4, -0.2) is 63.3 Å². The van der Waals surface area contributed by atoms with Gasteiger partial charge in [-0.2, -0.15) is 4.80 Å². The minimum Gasteiger partial charge on any atom is -0.378 e.